The number of carbonyl (C=O) groups excluding carboxylic acids is 1. The molecule has 0 aromatic rings. The fourth-order valence-corrected chi connectivity index (χ4v) is 3.32. The van der Waals surface area contributed by atoms with Gasteiger partial charge in [-0.25, -0.2) is 4.79 Å². The lowest BCUT2D eigenvalue weighted by atomic mass is 10.7. The molecule has 0 amide bonds. The van der Waals surface area contributed by atoms with Gasteiger partial charge in [-0.3, -0.25) is 4.57 Å². The Labute approximate surface area is 112 Å². The number of rotatable bonds is 9. The first-order valence-electron chi connectivity index (χ1n) is 5.81. The Kier molecular flexibility index (Phi) is 8.06. The molecule has 0 aromatic carbocycles. The molecule has 0 bridgehead atoms. The maximum absolute atomic E-state index is 12.5. The van der Waals surface area contributed by atoms with Crippen molar-refractivity contribution in [3.05, 3.63) is 0 Å². The van der Waals surface area contributed by atoms with Gasteiger partial charge in [-0.05, 0) is 27.7 Å². The summed E-state index contributed by atoms with van der Waals surface area (Å²) < 4.78 is 32.5. The van der Waals surface area contributed by atoms with Crippen LogP contribution in [-0.4, -0.2) is 37.2 Å². The molecular weight excluding hydrogens is 283 g/mol. The van der Waals surface area contributed by atoms with Crippen molar-refractivity contribution >= 4 is 25.2 Å². The summed E-state index contributed by atoms with van der Waals surface area (Å²) in [6, 6.07) is 0. The molecule has 0 saturated heterocycles. The molecule has 0 aliphatic carbocycles. The number of hydrogen-bond donors (Lipinski definition) is 0. The zero-order valence-electron chi connectivity index (χ0n) is 11.1. The number of alkyl halides is 1. The maximum Gasteiger partial charge on any atom is 0.389 e. The van der Waals surface area contributed by atoms with E-state index in [9.17, 15) is 9.36 Å². The van der Waals surface area contributed by atoms with E-state index in [2.05, 4.69) is 0 Å². The molecule has 1 unspecified atom stereocenters. The minimum Gasteiger partial charge on any atom is -0.462 e. The van der Waals surface area contributed by atoms with Crippen molar-refractivity contribution < 1.29 is 27.9 Å². The van der Waals surface area contributed by atoms with Crippen molar-refractivity contribution in [3.63, 3.8) is 0 Å². The molecule has 0 N–H and O–H groups in total. The molecule has 0 aromatic heterocycles. The van der Waals surface area contributed by atoms with Gasteiger partial charge in [0.15, 0.2) is 0 Å². The highest BCUT2D eigenvalue weighted by atomic mass is 35.5. The van der Waals surface area contributed by atoms with E-state index in [4.69, 9.17) is 30.1 Å². The Morgan fingerprint density at radius 1 is 1.06 bits per heavy atom. The average molecular weight is 303 g/mol. The van der Waals surface area contributed by atoms with E-state index in [-0.39, 0.29) is 26.4 Å². The van der Waals surface area contributed by atoms with Gasteiger partial charge in [-0.2, -0.15) is 0 Å². The summed E-state index contributed by atoms with van der Waals surface area (Å²) in [5, 5.41) is 0. The van der Waals surface area contributed by atoms with Gasteiger partial charge in [0.05, 0.1) is 19.8 Å². The van der Waals surface area contributed by atoms with Crippen molar-refractivity contribution in [2.45, 2.75) is 32.5 Å². The van der Waals surface area contributed by atoms with Gasteiger partial charge in [0.2, 0.25) is 0 Å². The van der Waals surface area contributed by atoms with Gasteiger partial charge >= 0.3 is 18.4 Å². The third-order valence-electron chi connectivity index (χ3n) is 1.81. The Morgan fingerprint density at radius 2 is 1.56 bits per heavy atom. The minimum atomic E-state index is -3.98. The topological polar surface area (TPSA) is 71.1 Å². The highest BCUT2D eigenvalue weighted by molar-refractivity contribution is 7.58. The number of ether oxygens (including phenoxy) is 2. The van der Waals surface area contributed by atoms with Crippen molar-refractivity contribution in [3.8, 4) is 0 Å². The zero-order valence-corrected chi connectivity index (χ0v) is 12.8. The largest absolute Gasteiger partial charge is 0.462 e. The van der Waals surface area contributed by atoms with Crippen LogP contribution in [0.4, 0.5) is 0 Å². The van der Waals surface area contributed by atoms with Crippen LogP contribution in [0.25, 0.3) is 0 Å². The lowest BCUT2D eigenvalue weighted by Gasteiger charge is -2.30. The molecule has 0 aliphatic heterocycles. The SMILES string of the molecule is CCOC(=O)C(Cl)(OCC)P(=O)(OCC)OCC. The second kappa shape index (κ2) is 8.12. The second-order valence-electron chi connectivity index (χ2n) is 3.05. The van der Waals surface area contributed by atoms with E-state index in [1.54, 1.807) is 27.7 Å². The molecule has 18 heavy (non-hydrogen) atoms. The van der Waals surface area contributed by atoms with E-state index in [0.717, 1.165) is 0 Å². The van der Waals surface area contributed by atoms with Crippen molar-refractivity contribution in [2.75, 3.05) is 26.4 Å². The fourth-order valence-electron chi connectivity index (χ4n) is 1.20. The standard InChI is InChI=1S/C10H20ClO6P/c1-5-14-9(12)10(11,15-6-2)18(13,16-7-3)17-8-4/h5-8H2,1-4H3. The zero-order chi connectivity index (χ0) is 14.2. The van der Waals surface area contributed by atoms with E-state index in [1.807, 2.05) is 0 Å². The molecule has 0 heterocycles. The predicted octanol–water partition coefficient (Wildman–Crippen LogP) is 2.74. The molecule has 0 radical (unpaired) electrons. The van der Waals surface area contributed by atoms with E-state index in [1.165, 1.54) is 0 Å². The minimum absolute atomic E-state index is 0.0620. The van der Waals surface area contributed by atoms with Crippen molar-refractivity contribution in [1.29, 1.82) is 0 Å². The fraction of sp³-hybridized carbons (Fsp3) is 0.900. The summed E-state index contributed by atoms with van der Waals surface area (Å²) in [7, 11) is -3.98. The van der Waals surface area contributed by atoms with Gasteiger partial charge in [0, 0.05) is 6.61 Å². The van der Waals surface area contributed by atoms with E-state index in [0.29, 0.717) is 0 Å². The third-order valence-corrected chi connectivity index (χ3v) is 4.91. The smallest absolute Gasteiger partial charge is 0.389 e. The van der Waals surface area contributed by atoms with Crippen LogP contribution in [0, 0.1) is 0 Å². The molecule has 0 aliphatic rings. The summed E-state index contributed by atoms with van der Waals surface area (Å²) in [4.78, 5) is 9.58. The first kappa shape index (κ1) is 17.9. The number of halogens is 1. The molecule has 8 heteroatoms. The first-order chi connectivity index (χ1) is 8.41. The third kappa shape index (κ3) is 3.93. The van der Waals surface area contributed by atoms with Crippen LogP contribution >= 0.6 is 19.2 Å². The van der Waals surface area contributed by atoms with Gasteiger partial charge in [0.1, 0.15) is 0 Å². The van der Waals surface area contributed by atoms with Crippen LogP contribution in [0.5, 0.6) is 0 Å². The molecular formula is C10H20ClO6P. The van der Waals surface area contributed by atoms with E-state index >= 15 is 0 Å². The summed E-state index contributed by atoms with van der Waals surface area (Å²) in [5.41, 5.74) is 0. The Bertz CT molecular complexity index is 301. The number of hydrogen-bond acceptors (Lipinski definition) is 6. The van der Waals surface area contributed by atoms with Crippen molar-refractivity contribution in [2.24, 2.45) is 0 Å². The Hall–Kier alpha value is -0.130. The first-order valence-corrected chi connectivity index (χ1v) is 7.73. The number of carbonyl (C=O) groups is 1. The predicted molar refractivity (Wildman–Crippen MR) is 67.7 cm³/mol. The molecule has 0 fully saturated rings. The van der Waals surface area contributed by atoms with Crippen molar-refractivity contribution in [1.82, 2.24) is 0 Å². The second-order valence-corrected chi connectivity index (χ2v) is 5.98. The monoisotopic (exact) mass is 302 g/mol. The van der Waals surface area contributed by atoms with Gasteiger partial charge < -0.3 is 18.5 Å². The molecule has 0 spiro atoms. The highest BCUT2D eigenvalue weighted by Gasteiger charge is 2.59. The summed E-state index contributed by atoms with van der Waals surface area (Å²) >= 11 is 6.02. The van der Waals surface area contributed by atoms with Crippen LogP contribution < -0.4 is 0 Å². The highest BCUT2D eigenvalue weighted by Crippen LogP contribution is 2.63. The van der Waals surface area contributed by atoms with Crippen LogP contribution in [0.2, 0.25) is 0 Å². The Morgan fingerprint density at radius 3 is 1.89 bits per heavy atom. The molecule has 108 valence electrons. The van der Waals surface area contributed by atoms with Gasteiger partial charge in [-0.15, -0.1) is 0 Å². The van der Waals surface area contributed by atoms with Crippen LogP contribution in [0.3, 0.4) is 0 Å². The quantitative estimate of drug-likeness (QED) is 0.370. The molecule has 0 saturated carbocycles. The summed E-state index contributed by atoms with van der Waals surface area (Å²) in [6.45, 7) is 6.72. The Balaban J connectivity index is 5.36. The summed E-state index contributed by atoms with van der Waals surface area (Å²) in [5.74, 6) is -0.973. The molecule has 0 rings (SSSR count). The number of esters is 1. The lowest BCUT2D eigenvalue weighted by molar-refractivity contribution is -0.155. The lowest BCUT2D eigenvalue weighted by Crippen LogP contribution is -2.39. The normalized spacial score (nSPS) is 15.2. The maximum atomic E-state index is 12.5. The van der Waals surface area contributed by atoms with E-state index < -0.39 is 18.4 Å². The van der Waals surface area contributed by atoms with Crippen LogP contribution in [-0.2, 0) is 27.9 Å². The van der Waals surface area contributed by atoms with Crippen LogP contribution in [0.15, 0.2) is 0 Å². The molecule has 1 atom stereocenters. The van der Waals surface area contributed by atoms with Crippen LogP contribution in [0.1, 0.15) is 27.7 Å². The van der Waals surface area contributed by atoms with Gasteiger partial charge in [-0.1, -0.05) is 11.6 Å². The average Bonchev–Trinajstić information content (AvgIpc) is 2.30. The molecule has 6 nitrogen and oxygen atoms in total. The van der Waals surface area contributed by atoms with Gasteiger partial charge in [0.25, 0.3) is 0 Å². The summed E-state index contributed by atoms with van der Waals surface area (Å²) in [6.07, 6.45) is 0.